The highest BCUT2D eigenvalue weighted by Gasteiger charge is 2.19. The zero-order chi connectivity index (χ0) is 14.1. The van der Waals surface area contributed by atoms with Crippen LogP contribution < -0.4 is 0 Å². The van der Waals surface area contributed by atoms with Crippen LogP contribution in [0.25, 0.3) is 10.9 Å². The van der Waals surface area contributed by atoms with Gasteiger partial charge in [0.25, 0.3) is 0 Å². The maximum atomic E-state index is 11.2. The van der Waals surface area contributed by atoms with E-state index in [0.717, 1.165) is 54.3 Å². The summed E-state index contributed by atoms with van der Waals surface area (Å²) in [6.45, 7) is 2.11. The van der Waals surface area contributed by atoms with Crippen LogP contribution in [-0.4, -0.2) is 16.1 Å². The molecule has 1 aromatic carbocycles. The Hall–Kier alpha value is -1.90. The molecule has 3 nitrogen and oxygen atoms in total. The number of hydrogen-bond donors (Lipinski definition) is 1. The average Bonchev–Trinajstić information content (AvgIpc) is 2.46. The van der Waals surface area contributed by atoms with Crippen LogP contribution in [0.1, 0.15) is 42.1 Å². The van der Waals surface area contributed by atoms with Gasteiger partial charge in [0.2, 0.25) is 0 Å². The summed E-state index contributed by atoms with van der Waals surface area (Å²) in [6.07, 6.45) is 5.31. The van der Waals surface area contributed by atoms with Gasteiger partial charge in [0, 0.05) is 11.1 Å². The number of carbonyl (C=O) groups is 1. The van der Waals surface area contributed by atoms with Crippen molar-refractivity contribution in [2.24, 2.45) is 0 Å². The zero-order valence-corrected chi connectivity index (χ0v) is 11.8. The van der Waals surface area contributed by atoms with Crippen molar-refractivity contribution in [1.29, 1.82) is 0 Å². The molecular weight excluding hydrogens is 250 g/mol. The molecule has 3 rings (SSSR count). The molecular formula is C17H19NO2. The van der Waals surface area contributed by atoms with Crippen LogP contribution in [0.4, 0.5) is 0 Å². The predicted octanol–water partition coefficient (Wildman–Crippen LogP) is 3.30. The third kappa shape index (κ3) is 2.28. The molecule has 0 fully saturated rings. The lowest BCUT2D eigenvalue weighted by atomic mass is 9.88. The number of rotatable bonds is 3. The smallest absolute Gasteiger partial charge is 0.307 e. The first kappa shape index (κ1) is 13.1. The van der Waals surface area contributed by atoms with Crippen molar-refractivity contribution in [3.63, 3.8) is 0 Å². The van der Waals surface area contributed by atoms with Crippen LogP contribution in [0, 0.1) is 0 Å². The lowest BCUT2D eigenvalue weighted by Gasteiger charge is -2.20. The van der Waals surface area contributed by atoms with Crippen molar-refractivity contribution in [1.82, 2.24) is 4.98 Å². The van der Waals surface area contributed by atoms with Gasteiger partial charge in [-0.2, -0.15) is 0 Å². The normalized spacial score (nSPS) is 14.2. The number of hydrogen-bond acceptors (Lipinski definition) is 2. The SMILES string of the molecule is CCc1ccc2nc3c(c(CC(=O)O)c2c1)CCCC3. The van der Waals surface area contributed by atoms with E-state index in [1.165, 1.54) is 11.1 Å². The van der Waals surface area contributed by atoms with E-state index < -0.39 is 5.97 Å². The minimum atomic E-state index is -0.757. The molecule has 0 amide bonds. The van der Waals surface area contributed by atoms with Crippen molar-refractivity contribution in [2.45, 2.75) is 45.4 Å². The van der Waals surface area contributed by atoms with Gasteiger partial charge < -0.3 is 5.11 Å². The Morgan fingerprint density at radius 3 is 2.85 bits per heavy atom. The van der Waals surface area contributed by atoms with Crippen LogP contribution in [0.3, 0.4) is 0 Å². The summed E-state index contributed by atoms with van der Waals surface area (Å²) >= 11 is 0. The Balaban J connectivity index is 2.28. The number of fused-ring (bicyclic) bond motifs is 2. The van der Waals surface area contributed by atoms with Crippen molar-refractivity contribution in [3.05, 3.63) is 40.6 Å². The van der Waals surface area contributed by atoms with Gasteiger partial charge in [0.15, 0.2) is 0 Å². The van der Waals surface area contributed by atoms with E-state index in [1.807, 2.05) is 6.07 Å². The van der Waals surface area contributed by atoms with Crippen LogP contribution in [0.15, 0.2) is 18.2 Å². The molecule has 20 heavy (non-hydrogen) atoms. The Bertz CT molecular complexity index is 676. The van der Waals surface area contributed by atoms with Gasteiger partial charge in [-0.05, 0) is 60.9 Å². The van der Waals surface area contributed by atoms with Crippen LogP contribution in [-0.2, 0) is 30.5 Å². The number of aromatic nitrogens is 1. The molecule has 0 saturated carbocycles. The molecule has 0 aliphatic heterocycles. The molecule has 1 aromatic heterocycles. The molecule has 1 heterocycles. The maximum Gasteiger partial charge on any atom is 0.307 e. The monoisotopic (exact) mass is 269 g/mol. The largest absolute Gasteiger partial charge is 0.481 e. The first-order valence-electron chi connectivity index (χ1n) is 7.34. The number of nitrogens with zero attached hydrogens (tertiary/aromatic N) is 1. The number of carboxylic acid groups (broad SMARTS) is 1. The van der Waals surface area contributed by atoms with Crippen LogP contribution >= 0.6 is 0 Å². The lowest BCUT2D eigenvalue weighted by Crippen LogP contribution is -2.13. The Morgan fingerprint density at radius 2 is 2.10 bits per heavy atom. The Morgan fingerprint density at radius 1 is 1.30 bits per heavy atom. The van der Waals surface area contributed by atoms with Gasteiger partial charge >= 0.3 is 5.97 Å². The summed E-state index contributed by atoms with van der Waals surface area (Å²) in [5.41, 5.74) is 5.48. The standard InChI is InChI=1S/C17H19NO2/c1-2-11-7-8-16-14(9-11)13(10-17(19)20)12-5-3-4-6-15(12)18-16/h7-9H,2-6,10H2,1H3,(H,19,20). The number of pyridine rings is 1. The first-order valence-corrected chi connectivity index (χ1v) is 7.34. The molecule has 1 aliphatic carbocycles. The minimum absolute atomic E-state index is 0.106. The fraction of sp³-hybridized carbons (Fsp3) is 0.412. The highest BCUT2D eigenvalue weighted by molar-refractivity contribution is 5.88. The van der Waals surface area contributed by atoms with Gasteiger partial charge in [0.05, 0.1) is 11.9 Å². The van der Waals surface area contributed by atoms with E-state index in [4.69, 9.17) is 4.98 Å². The predicted molar refractivity (Wildman–Crippen MR) is 79.1 cm³/mol. The second-order valence-electron chi connectivity index (χ2n) is 5.50. The third-order valence-electron chi connectivity index (χ3n) is 4.18. The molecule has 0 saturated heterocycles. The topological polar surface area (TPSA) is 50.2 Å². The minimum Gasteiger partial charge on any atom is -0.481 e. The van der Waals surface area contributed by atoms with Crippen LogP contribution in [0.2, 0.25) is 0 Å². The zero-order valence-electron chi connectivity index (χ0n) is 11.8. The molecule has 2 aromatic rings. The van der Waals surface area contributed by atoms with Gasteiger partial charge in [-0.1, -0.05) is 13.0 Å². The maximum absolute atomic E-state index is 11.2. The van der Waals surface area contributed by atoms with Crippen molar-refractivity contribution in [2.75, 3.05) is 0 Å². The average molecular weight is 269 g/mol. The second kappa shape index (κ2) is 5.23. The first-order chi connectivity index (χ1) is 9.69. The van der Waals surface area contributed by atoms with Crippen molar-refractivity contribution < 1.29 is 9.90 Å². The highest BCUT2D eigenvalue weighted by Crippen LogP contribution is 2.30. The summed E-state index contributed by atoms with van der Waals surface area (Å²) in [5.74, 6) is -0.757. The third-order valence-corrected chi connectivity index (χ3v) is 4.18. The van der Waals surface area contributed by atoms with Gasteiger partial charge in [-0.25, -0.2) is 0 Å². The molecule has 3 heteroatoms. The number of benzene rings is 1. The molecule has 0 unspecified atom stereocenters. The number of carboxylic acids is 1. The molecule has 0 spiro atoms. The van der Waals surface area contributed by atoms with E-state index in [-0.39, 0.29) is 6.42 Å². The molecule has 0 radical (unpaired) electrons. The summed E-state index contributed by atoms with van der Waals surface area (Å²) in [5, 5.41) is 10.3. The van der Waals surface area contributed by atoms with E-state index >= 15 is 0 Å². The number of aliphatic carboxylic acids is 1. The Labute approximate surface area is 118 Å². The summed E-state index contributed by atoms with van der Waals surface area (Å²) in [6, 6.07) is 6.25. The molecule has 0 bridgehead atoms. The van der Waals surface area contributed by atoms with E-state index in [0.29, 0.717) is 0 Å². The van der Waals surface area contributed by atoms with E-state index in [2.05, 4.69) is 19.1 Å². The summed E-state index contributed by atoms with van der Waals surface area (Å²) in [4.78, 5) is 16.0. The fourth-order valence-electron chi connectivity index (χ4n) is 3.14. The van der Waals surface area contributed by atoms with E-state index in [9.17, 15) is 9.90 Å². The summed E-state index contributed by atoms with van der Waals surface area (Å²) < 4.78 is 0. The second-order valence-corrected chi connectivity index (χ2v) is 5.50. The van der Waals surface area contributed by atoms with Gasteiger partial charge in [0.1, 0.15) is 0 Å². The molecule has 0 atom stereocenters. The van der Waals surface area contributed by atoms with Crippen molar-refractivity contribution >= 4 is 16.9 Å². The fourth-order valence-corrected chi connectivity index (χ4v) is 3.14. The van der Waals surface area contributed by atoms with Crippen molar-refractivity contribution in [3.8, 4) is 0 Å². The molecule has 1 aliphatic rings. The van der Waals surface area contributed by atoms with Gasteiger partial charge in [-0.15, -0.1) is 0 Å². The Kier molecular flexibility index (Phi) is 3.43. The molecule has 104 valence electrons. The quantitative estimate of drug-likeness (QED) is 0.930. The highest BCUT2D eigenvalue weighted by atomic mass is 16.4. The van der Waals surface area contributed by atoms with Gasteiger partial charge in [-0.3, -0.25) is 9.78 Å². The van der Waals surface area contributed by atoms with Crippen LogP contribution in [0.5, 0.6) is 0 Å². The summed E-state index contributed by atoms with van der Waals surface area (Å²) in [7, 11) is 0. The lowest BCUT2D eigenvalue weighted by molar-refractivity contribution is -0.136. The van der Waals surface area contributed by atoms with E-state index in [1.54, 1.807) is 0 Å². The molecule has 1 N–H and O–H groups in total. The number of aryl methyl sites for hydroxylation is 2.